The first-order valence-electron chi connectivity index (χ1n) is 14.0. The van der Waals surface area contributed by atoms with Gasteiger partial charge in [-0.15, -0.1) is 0 Å². The Morgan fingerprint density at radius 3 is 2.28 bits per heavy atom. The summed E-state index contributed by atoms with van der Waals surface area (Å²) in [6.45, 7) is 8.08. The molecule has 2 saturated heterocycles. The molecule has 1 aromatic carbocycles. The monoisotopic (exact) mass is 562 g/mol. The number of likely N-dealkylation sites (tertiary alicyclic amines) is 1. The highest BCUT2D eigenvalue weighted by atomic mass is 32.2. The lowest BCUT2D eigenvalue weighted by atomic mass is 9.89. The van der Waals surface area contributed by atoms with Crippen molar-refractivity contribution >= 4 is 27.9 Å². The van der Waals surface area contributed by atoms with Crippen LogP contribution in [0.25, 0.3) is 0 Å². The summed E-state index contributed by atoms with van der Waals surface area (Å²) in [4.78, 5) is 40.2. The zero-order valence-electron chi connectivity index (χ0n) is 23.4. The van der Waals surface area contributed by atoms with Crippen molar-refractivity contribution in [1.29, 1.82) is 0 Å². The fraction of sp³-hybridized carbons (Fsp3) is 0.679. The third kappa shape index (κ3) is 6.74. The summed E-state index contributed by atoms with van der Waals surface area (Å²) < 4.78 is 31.4. The number of hydrogen-bond donors (Lipinski definition) is 2. The Balaban J connectivity index is 1.38. The lowest BCUT2D eigenvalue weighted by Crippen LogP contribution is -2.57. The van der Waals surface area contributed by atoms with Gasteiger partial charge in [0.25, 0.3) is 0 Å². The maximum atomic E-state index is 13.4. The predicted molar refractivity (Wildman–Crippen MR) is 147 cm³/mol. The van der Waals surface area contributed by atoms with Crippen LogP contribution in [0.2, 0.25) is 0 Å². The smallest absolute Gasteiger partial charge is 0.411 e. The van der Waals surface area contributed by atoms with Crippen LogP contribution in [0.5, 0.6) is 0 Å². The molecule has 216 valence electrons. The van der Waals surface area contributed by atoms with Gasteiger partial charge < -0.3 is 15.8 Å². The van der Waals surface area contributed by atoms with Gasteiger partial charge in [-0.1, -0.05) is 24.3 Å². The number of rotatable bonds is 8. The number of benzene rings is 1. The van der Waals surface area contributed by atoms with Crippen molar-refractivity contribution in [3.05, 3.63) is 35.4 Å². The van der Waals surface area contributed by atoms with E-state index in [1.807, 2.05) is 24.3 Å². The Labute approximate surface area is 231 Å². The van der Waals surface area contributed by atoms with Gasteiger partial charge in [0.15, 0.2) is 0 Å². The topological polar surface area (TPSA) is 139 Å². The van der Waals surface area contributed by atoms with Crippen molar-refractivity contribution in [3.8, 4) is 0 Å². The number of amides is 3. The van der Waals surface area contributed by atoms with E-state index in [1.165, 1.54) is 0 Å². The van der Waals surface area contributed by atoms with Gasteiger partial charge in [0.1, 0.15) is 17.7 Å². The fourth-order valence-corrected chi connectivity index (χ4v) is 7.33. The number of primary amides is 1. The van der Waals surface area contributed by atoms with Crippen LogP contribution in [0.4, 0.5) is 4.79 Å². The van der Waals surface area contributed by atoms with E-state index in [0.717, 1.165) is 43.2 Å². The van der Waals surface area contributed by atoms with Gasteiger partial charge in [-0.25, -0.2) is 17.5 Å². The predicted octanol–water partition coefficient (Wildman–Crippen LogP) is 2.52. The average Bonchev–Trinajstić information content (AvgIpc) is 3.50. The Hall–Kier alpha value is -2.66. The fourth-order valence-electron chi connectivity index (χ4n) is 6.19. The van der Waals surface area contributed by atoms with E-state index >= 15 is 0 Å². The van der Waals surface area contributed by atoms with Crippen LogP contribution in [0.15, 0.2) is 24.3 Å². The molecule has 0 radical (unpaired) electrons. The SMILES string of the molecule is CCS(=O)(=O)N1CCC(c2ccc(C[C@H](NC(=O)[C@@H]3[C@H]4CC[C@H](C4)N3C(=O)OC(C)(C)C)C(N)=O)cc2)CC1. The average molecular weight is 563 g/mol. The van der Waals surface area contributed by atoms with Crippen LogP contribution in [0, 0.1) is 5.92 Å². The first-order chi connectivity index (χ1) is 18.3. The minimum absolute atomic E-state index is 0.0332. The molecule has 3 amide bonds. The normalized spacial score (nSPS) is 24.9. The Bertz CT molecular complexity index is 1170. The summed E-state index contributed by atoms with van der Waals surface area (Å²) in [5, 5.41) is 2.82. The third-order valence-corrected chi connectivity index (χ3v) is 10.1. The van der Waals surface area contributed by atoms with E-state index in [4.69, 9.17) is 10.5 Å². The summed E-state index contributed by atoms with van der Waals surface area (Å²) >= 11 is 0. The molecule has 1 aromatic rings. The molecule has 10 nitrogen and oxygen atoms in total. The molecule has 0 aromatic heterocycles. The van der Waals surface area contributed by atoms with Crippen LogP contribution in [-0.2, 0) is 30.8 Å². The van der Waals surface area contributed by atoms with Crippen LogP contribution >= 0.6 is 0 Å². The first kappa shape index (κ1) is 29.3. The van der Waals surface area contributed by atoms with Gasteiger partial charge in [0.05, 0.1) is 5.75 Å². The second kappa shape index (κ2) is 11.4. The Kier molecular flexibility index (Phi) is 8.61. The standard InChI is InChI=1S/C28H42N4O6S/c1-5-39(36,37)31-14-12-20(13-15-31)19-8-6-18(7-9-19)16-23(25(29)33)30-26(34)24-21-10-11-22(17-21)32(24)27(35)38-28(2,3)4/h6-9,20-24H,5,10-17H2,1-4H3,(H2,29,33)(H,30,34)/t21-,22+,23-,24-/m0/s1. The van der Waals surface area contributed by atoms with Crippen LogP contribution in [-0.4, -0.2) is 78.1 Å². The molecule has 0 spiro atoms. The van der Waals surface area contributed by atoms with Crippen LogP contribution < -0.4 is 11.1 Å². The molecule has 3 aliphatic rings. The molecule has 4 atom stereocenters. The van der Waals surface area contributed by atoms with E-state index in [0.29, 0.717) is 13.1 Å². The second-order valence-corrected chi connectivity index (χ2v) is 14.3. The van der Waals surface area contributed by atoms with Gasteiger partial charge >= 0.3 is 6.09 Å². The number of carbonyl (C=O) groups excluding carboxylic acids is 3. The van der Waals surface area contributed by atoms with Crippen molar-refractivity contribution in [3.63, 3.8) is 0 Å². The Morgan fingerprint density at radius 2 is 1.72 bits per heavy atom. The van der Waals surface area contributed by atoms with Gasteiger partial charge in [0, 0.05) is 25.6 Å². The highest BCUT2D eigenvalue weighted by Gasteiger charge is 2.52. The quantitative estimate of drug-likeness (QED) is 0.499. The second-order valence-electron chi connectivity index (χ2n) is 12.0. The number of ether oxygens (including phenoxy) is 1. The number of nitrogens with zero attached hydrogens (tertiary/aromatic N) is 2. The molecule has 1 aliphatic carbocycles. The zero-order valence-corrected chi connectivity index (χ0v) is 24.2. The first-order valence-corrected chi connectivity index (χ1v) is 15.6. The van der Waals surface area contributed by atoms with Gasteiger partial charge in [-0.3, -0.25) is 14.5 Å². The van der Waals surface area contributed by atoms with Gasteiger partial charge in [-0.05, 0) is 82.8 Å². The zero-order chi connectivity index (χ0) is 28.5. The number of nitrogens with two attached hydrogens (primary N) is 1. The summed E-state index contributed by atoms with van der Waals surface area (Å²) in [6.07, 6.45) is 3.71. The van der Waals surface area contributed by atoms with Gasteiger partial charge in [-0.2, -0.15) is 0 Å². The number of nitrogens with one attached hydrogen (secondary N) is 1. The van der Waals surface area contributed by atoms with Crippen molar-refractivity contribution < 1.29 is 27.5 Å². The number of sulfonamides is 1. The minimum atomic E-state index is -3.16. The molecule has 11 heteroatoms. The van der Waals surface area contributed by atoms with E-state index < -0.39 is 39.7 Å². The summed E-state index contributed by atoms with van der Waals surface area (Å²) in [5.41, 5.74) is 6.98. The summed E-state index contributed by atoms with van der Waals surface area (Å²) in [6, 6.07) is 6.24. The van der Waals surface area contributed by atoms with Crippen molar-refractivity contribution in [2.45, 2.75) is 95.9 Å². The van der Waals surface area contributed by atoms with E-state index in [1.54, 1.807) is 36.9 Å². The lowest BCUT2D eigenvalue weighted by molar-refractivity contribution is -0.132. The largest absolute Gasteiger partial charge is 0.444 e. The molecule has 3 N–H and O–H groups in total. The maximum absolute atomic E-state index is 13.4. The minimum Gasteiger partial charge on any atom is -0.444 e. The lowest BCUT2D eigenvalue weighted by Gasteiger charge is -2.36. The van der Waals surface area contributed by atoms with Gasteiger partial charge in [0.2, 0.25) is 21.8 Å². The molecule has 2 heterocycles. The van der Waals surface area contributed by atoms with Crippen molar-refractivity contribution in [2.24, 2.45) is 11.7 Å². The molecule has 4 rings (SSSR count). The highest BCUT2D eigenvalue weighted by molar-refractivity contribution is 7.89. The molecule has 0 unspecified atom stereocenters. The van der Waals surface area contributed by atoms with E-state index in [2.05, 4.69) is 5.32 Å². The molecule has 3 fully saturated rings. The van der Waals surface area contributed by atoms with Crippen LogP contribution in [0.3, 0.4) is 0 Å². The molecule has 2 bridgehead atoms. The van der Waals surface area contributed by atoms with Crippen molar-refractivity contribution in [2.75, 3.05) is 18.8 Å². The molecular formula is C28H42N4O6S. The number of carbonyl (C=O) groups is 3. The molecule has 1 saturated carbocycles. The highest BCUT2D eigenvalue weighted by Crippen LogP contribution is 2.43. The van der Waals surface area contributed by atoms with E-state index in [9.17, 15) is 22.8 Å². The number of hydrogen-bond acceptors (Lipinski definition) is 6. The number of fused-ring (bicyclic) bond motifs is 2. The van der Waals surface area contributed by atoms with Crippen LogP contribution in [0.1, 0.15) is 76.8 Å². The number of piperidine rings is 2. The molecule has 2 aliphatic heterocycles. The maximum Gasteiger partial charge on any atom is 0.411 e. The Morgan fingerprint density at radius 1 is 1.08 bits per heavy atom. The third-order valence-electron chi connectivity index (χ3n) is 8.22. The summed E-state index contributed by atoms with van der Waals surface area (Å²) in [7, 11) is -3.16. The molecule has 39 heavy (non-hydrogen) atoms. The van der Waals surface area contributed by atoms with E-state index in [-0.39, 0.29) is 36.0 Å². The molecular weight excluding hydrogens is 520 g/mol. The van der Waals surface area contributed by atoms with Crippen molar-refractivity contribution in [1.82, 2.24) is 14.5 Å². The summed E-state index contributed by atoms with van der Waals surface area (Å²) in [5.74, 6) is -0.587.